The third-order valence-electron chi connectivity index (χ3n) is 5.06. The molecule has 5 rings (SSSR count). The number of furan rings is 1. The van der Waals surface area contributed by atoms with Gasteiger partial charge < -0.3 is 14.1 Å². The molecule has 3 heterocycles. The van der Waals surface area contributed by atoms with Gasteiger partial charge in [-0.1, -0.05) is 29.4 Å². The molecule has 164 valence electrons. The maximum atomic E-state index is 14.0. The van der Waals surface area contributed by atoms with Crippen molar-refractivity contribution in [2.75, 3.05) is 37.0 Å². The van der Waals surface area contributed by atoms with Crippen LogP contribution in [0.4, 0.5) is 10.3 Å². The van der Waals surface area contributed by atoms with Crippen LogP contribution in [0.25, 0.3) is 16.7 Å². The largest absolute Gasteiger partial charge is 0.453 e. The van der Waals surface area contributed by atoms with Crippen LogP contribution in [0.15, 0.2) is 58.1 Å². The summed E-state index contributed by atoms with van der Waals surface area (Å²) in [5.74, 6) is 0.373. The summed E-state index contributed by atoms with van der Waals surface area (Å²) in [7, 11) is 0. The molecule has 1 saturated heterocycles. The van der Waals surface area contributed by atoms with Gasteiger partial charge >= 0.3 is 0 Å². The van der Waals surface area contributed by atoms with E-state index < -0.39 is 0 Å². The van der Waals surface area contributed by atoms with Crippen LogP contribution in [-0.4, -0.2) is 52.6 Å². The van der Waals surface area contributed by atoms with Crippen molar-refractivity contribution in [1.82, 2.24) is 14.8 Å². The first-order chi connectivity index (χ1) is 15.6. The topological polar surface area (TPSA) is 73.4 Å². The average Bonchev–Trinajstić information content (AvgIpc) is 3.42. The van der Waals surface area contributed by atoms with Crippen molar-refractivity contribution >= 4 is 46.1 Å². The average molecular weight is 473 g/mol. The number of halogens is 2. The Bertz CT molecular complexity index is 1290. The lowest BCUT2D eigenvalue weighted by molar-refractivity contribution is 0.0994. The molecule has 32 heavy (non-hydrogen) atoms. The first-order valence-electron chi connectivity index (χ1n) is 9.97. The zero-order chi connectivity index (χ0) is 22.1. The number of Topliss-reactive ketones (excluding diaryl/α,β-unsaturated/α-hetero) is 1. The number of hydrogen-bond acceptors (Lipinski definition) is 7. The lowest BCUT2D eigenvalue weighted by Gasteiger charge is -2.27. The first-order valence-corrected chi connectivity index (χ1v) is 11.3. The molecule has 4 aromatic rings. The summed E-state index contributed by atoms with van der Waals surface area (Å²) in [6.07, 6.45) is 0. The quantitative estimate of drug-likeness (QED) is 0.299. The van der Waals surface area contributed by atoms with E-state index in [1.54, 1.807) is 41.0 Å². The molecule has 0 spiro atoms. The van der Waals surface area contributed by atoms with E-state index in [2.05, 4.69) is 10.2 Å². The normalized spacial score (nSPS) is 14.2. The van der Waals surface area contributed by atoms with Gasteiger partial charge in [0.05, 0.1) is 24.7 Å². The van der Waals surface area contributed by atoms with Gasteiger partial charge in [0.1, 0.15) is 11.4 Å². The summed E-state index contributed by atoms with van der Waals surface area (Å²) < 4.78 is 26.8. The highest BCUT2D eigenvalue weighted by molar-refractivity contribution is 7.99. The molecule has 0 amide bonds. The summed E-state index contributed by atoms with van der Waals surface area (Å²) in [6, 6.07) is 13.1. The summed E-state index contributed by atoms with van der Waals surface area (Å²) in [5.41, 5.74) is 1.19. The first kappa shape index (κ1) is 21.0. The minimum absolute atomic E-state index is 0.0874. The monoisotopic (exact) mass is 472 g/mol. The number of ether oxygens (including phenoxy) is 1. The van der Waals surface area contributed by atoms with Crippen LogP contribution in [-0.2, 0) is 4.74 Å². The minimum atomic E-state index is -0.364. The maximum Gasteiger partial charge on any atom is 0.232 e. The Morgan fingerprint density at radius 2 is 1.97 bits per heavy atom. The third kappa shape index (κ3) is 4.23. The Labute approximate surface area is 192 Å². The van der Waals surface area contributed by atoms with Crippen molar-refractivity contribution in [2.24, 2.45) is 0 Å². The van der Waals surface area contributed by atoms with Crippen LogP contribution >= 0.6 is 23.4 Å². The lowest BCUT2D eigenvalue weighted by atomic mass is 10.2. The number of benzene rings is 2. The van der Waals surface area contributed by atoms with Gasteiger partial charge in [-0.3, -0.25) is 9.36 Å². The van der Waals surface area contributed by atoms with Crippen LogP contribution in [0.1, 0.15) is 10.6 Å². The van der Waals surface area contributed by atoms with Crippen LogP contribution < -0.4 is 4.90 Å². The van der Waals surface area contributed by atoms with Gasteiger partial charge in [0, 0.05) is 23.5 Å². The number of thioether (sulfide) groups is 1. The van der Waals surface area contributed by atoms with Crippen molar-refractivity contribution < 1.29 is 18.3 Å². The van der Waals surface area contributed by atoms with E-state index in [9.17, 15) is 9.18 Å². The van der Waals surface area contributed by atoms with E-state index in [1.165, 1.54) is 23.9 Å². The minimum Gasteiger partial charge on any atom is -0.453 e. The molecular weight excluding hydrogens is 455 g/mol. The Kier molecular flexibility index (Phi) is 5.86. The van der Waals surface area contributed by atoms with Gasteiger partial charge in [-0.15, -0.1) is 10.2 Å². The fourth-order valence-electron chi connectivity index (χ4n) is 3.52. The molecule has 0 unspecified atom stereocenters. The summed E-state index contributed by atoms with van der Waals surface area (Å²) in [6.45, 7) is 2.46. The fourth-order valence-corrected chi connectivity index (χ4v) is 4.52. The molecule has 0 aliphatic carbocycles. The second-order valence-corrected chi connectivity index (χ2v) is 8.58. The number of carbonyl (C=O) groups is 1. The highest BCUT2D eigenvalue weighted by Crippen LogP contribution is 2.29. The van der Waals surface area contributed by atoms with E-state index in [1.807, 2.05) is 4.90 Å². The highest BCUT2D eigenvalue weighted by Gasteiger charge is 2.23. The summed E-state index contributed by atoms with van der Waals surface area (Å²) >= 11 is 7.24. The number of morpholine rings is 1. The van der Waals surface area contributed by atoms with Crippen LogP contribution in [0.5, 0.6) is 0 Å². The van der Waals surface area contributed by atoms with Gasteiger partial charge in [-0.25, -0.2) is 4.39 Å². The Morgan fingerprint density at radius 3 is 2.78 bits per heavy atom. The van der Waals surface area contributed by atoms with Gasteiger partial charge in [-0.2, -0.15) is 0 Å². The van der Waals surface area contributed by atoms with Crippen molar-refractivity contribution in [3.05, 3.63) is 65.1 Å². The number of nitrogens with zero attached hydrogens (tertiary/aromatic N) is 4. The van der Waals surface area contributed by atoms with Gasteiger partial charge in [0.25, 0.3) is 0 Å². The predicted molar refractivity (Wildman–Crippen MR) is 121 cm³/mol. The van der Waals surface area contributed by atoms with Crippen LogP contribution in [0.2, 0.25) is 5.02 Å². The molecule has 0 atom stereocenters. The third-order valence-corrected chi connectivity index (χ3v) is 6.23. The summed E-state index contributed by atoms with van der Waals surface area (Å²) in [5, 5.41) is 10.5. The number of carbonyl (C=O) groups excluding carboxylic acids is 1. The van der Waals surface area contributed by atoms with Crippen LogP contribution in [0, 0.1) is 5.82 Å². The molecule has 0 radical (unpaired) electrons. The van der Waals surface area contributed by atoms with E-state index in [0.717, 1.165) is 5.39 Å². The fraction of sp³-hybridized carbons (Fsp3) is 0.227. The number of fused-ring (bicyclic) bond motifs is 1. The number of aromatic nitrogens is 3. The maximum absolute atomic E-state index is 14.0. The number of anilines is 1. The molecule has 1 aliphatic rings. The van der Waals surface area contributed by atoms with Gasteiger partial charge in [0.15, 0.2) is 10.9 Å². The molecule has 1 aliphatic heterocycles. The zero-order valence-electron chi connectivity index (χ0n) is 16.8. The van der Waals surface area contributed by atoms with E-state index >= 15 is 0 Å². The Balaban J connectivity index is 1.42. The Morgan fingerprint density at radius 1 is 1.12 bits per heavy atom. The molecular formula is C22H18ClFN4O3S. The lowest BCUT2D eigenvalue weighted by Crippen LogP contribution is -2.37. The van der Waals surface area contributed by atoms with Crippen molar-refractivity contribution in [3.63, 3.8) is 0 Å². The molecule has 2 aromatic carbocycles. The van der Waals surface area contributed by atoms with Crippen molar-refractivity contribution in [3.8, 4) is 5.69 Å². The molecule has 10 heteroatoms. The van der Waals surface area contributed by atoms with Crippen molar-refractivity contribution in [1.29, 1.82) is 0 Å². The second-order valence-electron chi connectivity index (χ2n) is 7.20. The Hall–Kier alpha value is -2.88. The SMILES string of the molecule is O=C(CSc1nnc(N2CCOCC2)n1-c1cccc(F)c1)c1cc2cc(Cl)ccc2o1. The van der Waals surface area contributed by atoms with E-state index in [0.29, 0.717) is 53.7 Å². The molecule has 2 aromatic heterocycles. The molecule has 1 fully saturated rings. The number of ketones is 1. The van der Waals surface area contributed by atoms with Crippen molar-refractivity contribution in [2.45, 2.75) is 5.16 Å². The number of hydrogen-bond donors (Lipinski definition) is 0. The molecule has 7 nitrogen and oxygen atoms in total. The predicted octanol–water partition coefficient (Wildman–Crippen LogP) is 4.62. The van der Waals surface area contributed by atoms with Gasteiger partial charge in [-0.05, 0) is 42.5 Å². The smallest absolute Gasteiger partial charge is 0.232 e. The van der Waals surface area contributed by atoms with Crippen LogP contribution in [0.3, 0.4) is 0 Å². The molecule has 0 saturated carbocycles. The van der Waals surface area contributed by atoms with E-state index in [4.69, 9.17) is 20.8 Å². The number of rotatable bonds is 6. The zero-order valence-corrected chi connectivity index (χ0v) is 18.4. The highest BCUT2D eigenvalue weighted by atomic mass is 35.5. The van der Waals surface area contributed by atoms with Gasteiger partial charge in [0.2, 0.25) is 11.7 Å². The standard InChI is InChI=1S/C22H18ClFN4O3S/c23-15-4-5-19-14(10-15)11-20(31-19)18(29)13-32-22-26-25-21(27-6-8-30-9-7-27)28(22)17-3-1-2-16(24)12-17/h1-5,10-12H,6-9,13H2. The second kappa shape index (κ2) is 8.93. The molecule has 0 N–H and O–H groups in total. The summed E-state index contributed by atoms with van der Waals surface area (Å²) in [4.78, 5) is 14.8. The van der Waals surface area contributed by atoms with E-state index in [-0.39, 0.29) is 23.1 Å². The molecule has 0 bridgehead atoms.